The van der Waals surface area contributed by atoms with Crippen molar-refractivity contribution in [3.8, 4) is 5.75 Å². The van der Waals surface area contributed by atoms with Gasteiger partial charge in [0, 0.05) is 29.4 Å². The zero-order chi connectivity index (χ0) is 14.1. The van der Waals surface area contributed by atoms with Gasteiger partial charge in [-0.2, -0.15) is 0 Å². The van der Waals surface area contributed by atoms with Crippen molar-refractivity contribution in [3.63, 3.8) is 0 Å². The van der Waals surface area contributed by atoms with Gasteiger partial charge in [0.25, 0.3) is 0 Å². The molecule has 1 aromatic heterocycles. The highest BCUT2D eigenvalue weighted by atomic mass is 16.5. The third-order valence-corrected chi connectivity index (χ3v) is 4.18. The van der Waals surface area contributed by atoms with Crippen LogP contribution in [0.1, 0.15) is 40.8 Å². The van der Waals surface area contributed by atoms with Gasteiger partial charge < -0.3 is 10.5 Å². The molecule has 0 saturated carbocycles. The lowest BCUT2D eigenvalue weighted by molar-refractivity contribution is 0.399. The van der Waals surface area contributed by atoms with Crippen LogP contribution in [0.2, 0.25) is 0 Å². The Kier molecular flexibility index (Phi) is 3.45. The van der Waals surface area contributed by atoms with Crippen molar-refractivity contribution < 1.29 is 4.74 Å². The van der Waals surface area contributed by atoms with Gasteiger partial charge in [0.1, 0.15) is 5.75 Å². The number of methoxy groups -OCH3 is 1. The Morgan fingerprint density at radius 3 is 3.00 bits per heavy atom. The summed E-state index contributed by atoms with van der Waals surface area (Å²) in [6.07, 6.45) is 3.98. The number of aryl methyl sites for hydroxylation is 2. The van der Waals surface area contributed by atoms with Crippen molar-refractivity contribution in [1.82, 2.24) is 4.98 Å². The summed E-state index contributed by atoms with van der Waals surface area (Å²) in [5.74, 6) is 1.16. The lowest BCUT2D eigenvalue weighted by atomic mass is 9.90. The first-order chi connectivity index (χ1) is 9.70. The minimum Gasteiger partial charge on any atom is -0.496 e. The smallest absolute Gasteiger partial charge is 0.123 e. The molecule has 2 N–H and O–H groups in total. The van der Waals surface area contributed by atoms with Crippen LogP contribution in [0, 0.1) is 6.92 Å². The molecule has 0 aliphatic heterocycles. The minimum absolute atomic E-state index is 0.0679. The van der Waals surface area contributed by atoms with Gasteiger partial charge in [-0.1, -0.05) is 18.2 Å². The highest BCUT2D eigenvalue weighted by Crippen LogP contribution is 2.41. The molecule has 3 heteroatoms. The monoisotopic (exact) mass is 268 g/mol. The second kappa shape index (κ2) is 5.25. The van der Waals surface area contributed by atoms with E-state index in [1.807, 2.05) is 18.3 Å². The van der Waals surface area contributed by atoms with Gasteiger partial charge in [-0.05, 0) is 43.0 Å². The van der Waals surface area contributed by atoms with Crippen LogP contribution in [0.25, 0.3) is 0 Å². The lowest BCUT2D eigenvalue weighted by Crippen LogP contribution is -2.19. The highest BCUT2D eigenvalue weighted by Gasteiger charge is 2.31. The van der Waals surface area contributed by atoms with Crippen molar-refractivity contribution in [3.05, 3.63) is 58.9 Å². The molecule has 2 aromatic rings. The van der Waals surface area contributed by atoms with Crippen LogP contribution < -0.4 is 10.5 Å². The number of aromatic nitrogens is 1. The summed E-state index contributed by atoms with van der Waals surface area (Å²) >= 11 is 0. The lowest BCUT2D eigenvalue weighted by Gasteiger charge is -2.22. The van der Waals surface area contributed by atoms with Gasteiger partial charge in [0.05, 0.1) is 7.11 Å². The molecular formula is C17H20N2O. The van der Waals surface area contributed by atoms with Crippen LogP contribution in [-0.2, 0) is 6.42 Å². The maximum atomic E-state index is 6.52. The Balaban J connectivity index is 1.96. The molecule has 20 heavy (non-hydrogen) atoms. The fourth-order valence-electron chi connectivity index (χ4n) is 3.10. The van der Waals surface area contributed by atoms with E-state index in [0.29, 0.717) is 0 Å². The van der Waals surface area contributed by atoms with Crippen molar-refractivity contribution >= 4 is 0 Å². The normalized spacial score (nSPS) is 18.6. The van der Waals surface area contributed by atoms with E-state index in [-0.39, 0.29) is 12.0 Å². The topological polar surface area (TPSA) is 48.1 Å². The predicted molar refractivity (Wildman–Crippen MR) is 80.0 cm³/mol. The molecule has 2 unspecified atom stereocenters. The fraction of sp³-hybridized carbons (Fsp3) is 0.353. The molecule has 1 aromatic carbocycles. The van der Waals surface area contributed by atoms with Gasteiger partial charge in [0.15, 0.2) is 0 Å². The average molecular weight is 268 g/mol. The van der Waals surface area contributed by atoms with Crippen LogP contribution >= 0.6 is 0 Å². The largest absolute Gasteiger partial charge is 0.496 e. The van der Waals surface area contributed by atoms with Crippen LogP contribution in [-0.4, -0.2) is 12.1 Å². The maximum absolute atomic E-state index is 6.52. The van der Waals surface area contributed by atoms with Gasteiger partial charge in [-0.25, -0.2) is 0 Å². The molecule has 2 atom stereocenters. The molecule has 104 valence electrons. The number of nitrogens with two attached hydrogens (primary N) is 1. The standard InChI is InChI=1S/C17H20N2O/c1-11-5-7-13(15(10-11)20-2)16(18)14-8-6-12-4-3-9-19-17(12)14/h3-5,7,9-10,14,16H,6,8,18H2,1-2H3. The maximum Gasteiger partial charge on any atom is 0.123 e. The summed E-state index contributed by atoms with van der Waals surface area (Å²) in [7, 11) is 1.70. The molecular weight excluding hydrogens is 248 g/mol. The zero-order valence-electron chi connectivity index (χ0n) is 12.0. The van der Waals surface area contributed by atoms with E-state index in [9.17, 15) is 0 Å². The van der Waals surface area contributed by atoms with E-state index < -0.39 is 0 Å². The molecule has 1 aliphatic carbocycles. The van der Waals surface area contributed by atoms with E-state index in [1.54, 1.807) is 7.11 Å². The summed E-state index contributed by atoms with van der Waals surface area (Å²) in [5, 5.41) is 0. The van der Waals surface area contributed by atoms with Gasteiger partial charge in [-0.15, -0.1) is 0 Å². The first-order valence-electron chi connectivity index (χ1n) is 7.04. The molecule has 1 heterocycles. The van der Waals surface area contributed by atoms with Gasteiger partial charge in [-0.3, -0.25) is 4.98 Å². The van der Waals surface area contributed by atoms with Crippen LogP contribution in [0.4, 0.5) is 0 Å². The second-order valence-corrected chi connectivity index (χ2v) is 5.46. The zero-order valence-corrected chi connectivity index (χ0v) is 12.0. The second-order valence-electron chi connectivity index (χ2n) is 5.46. The van der Waals surface area contributed by atoms with Gasteiger partial charge in [0.2, 0.25) is 0 Å². The third kappa shape index (κ3) is 2.18. The summed E-state index contributed by atoms with van der Waals surface area (Å²) in [5.41, 5.74) is 11.3. The molecule has 3 rings (SSSR count). The molecule has 3 nitrogen and oxygen atoms in total. The number of benzene rings is 1. The number of hydrogen-bond donors (Lipinski definition) is 1. The van der Waals surface area contributed by atoms with E-state index in [2.05, 4.69) is 30.1 Å². The van der Waals surface area contributed by atoms with Gasteiger partial charge >= 0.3 is 0 Å². The Bertz CT molecular complexity index is 624. The molecule has 0 spiro atoms. The summed E-state index contributed by atoms with van der Waals surface area (Å²) in [6, 6.07) is 10.3. The van der Waals surface area contributed by atoms with E-state index >= 15 is 0 Å². The first-order valence-corrected chi connectivity index (χ1v) is 7.04. The van der Waals surface area contributed by atoms with Crippen molar-refractivity contribution in [2.45, 2.75) is 31.7 Å². The fourth-order valence-corrected chi connectivity index (χ4v) is 3.10. The molecule has 0 saturated heterocycles. The third-order valence-electron chi connectivity index (χ3n) is 4.18. The van der Waals surface area contributed by atoms with Crippen molar-refractivity contribution in [2.75, 3.05) is 7.11 Å². The average Bonchev–Trinajstić information content (AvgIpc) is 2.90. The van der Waals surface area contributed by atoms with Crippen molar-refractivity contribution in [1.29, 1.82) is 0 Å². The number of rotatable bonds is 3. The van der Waals surface area contributed by atoms with E-state index in [1.165, 1.54) is 11.1 Å². The SMILES string of the molecule is COc1cc(C)ccc1C(N)C1CCc2cccnc21. The van der Waals surface area contributed by atoms with Crippen LogP contribution in [0.15, 0.2) is 36.5 Å². The molecule has 0 bridgehead atoms. The number of hydrogen-bond acceptors (Lipinski definition) is 3. The highest BCUT2D eigenvalue weighted by molar-refractivity contribution is 5.42. The molecule has 0 radical (unpaired) electrons. The van der Waals surface area contributed by atoms with Crippen LogP contribution in [0.3, 0.4) is 0 Å². The Labute approximate surface area is 119 Å². The minimum atomic E-state index is -0.0679. The van der Waals surface area contributed by atoms with E-state index in [0.717, 1.165) is 29.8 Å². The molecule has 0 fully saturated rings. The van der Waals surface area contributed by atoms with Crippen LogP contribution in [0.5, 0.6) is 5.75 Å². The first kappa shape index (κ1) is 13.1. The molecule has 0 amide bonds. The van der Waals surface area contributed by atoms with E-state index in [4.69, 9.17) is 10.5 Å². The number of nitrogens with zero attached hydrogens (tertiary/aromatic N) is 1. The number of pyridine rings is 1. The number of fused-ring (bicyclic) bond motifs is 1. The Morgan fingerprint density at radius 1 is 1.35 bits per heavy atom. The quantitative estimate of drug-likeness (QED) is 0.930. The number of ether oxygens (including phenoxy) is 1. The summed E-state index contributed by atoms with van der Waals surface area (Å²) in [4.78, 5) is 4.54. The Hall–Kier alpha value is -1.87. The summed E-state index contributed by atoms with van der Waals surface area (Å²) < 4.78 is 5.49. The predicted octanol–water partition coefficient (Wildman–Crippen LogP) is 3.13. The van der Waals surface area contributed by atoms with Crippen molar-refractivity contribution in [2.24, 2.45) is 5.73 Å². The summed E-state index contributed by atoms with van der Waals surface area (Å²) in [6.45, 7) is 2.06. The Morgan fingerprint density at radius 2 is 2.20 bits per heavy atom. The molecule has 1 aliphatic rings.